The minimum atomic E-state index is -0.782. The molecule has 30 heavy (non-hydrogen) atoms. The van der Waals surface area contributed by atoms with Crippen molar-refractivity contribution in [2.24, 2.45) is 0 Å². The fourth-order valence-electron chi connectivity index (χ4n) is 3.12. The first-order valence-corrected chi connectivity index (χ1v) is 9.40. The molecule has 0 bridgehead atoms. The number of benzene rings is 2. The molecule has 8 nitrogen and oxygen atoms in total. The van der Waals surface area contributed by atoms with Crippen molar-refractivity contribution in [3.05, 3.63) is 76.5 Å². The second-order valence-corrected chi connectivity index (χ2v) is 6.60. The van der Waals surface area contributed by atoms with Gasteiger partial charge in [-0.05, 0) is 31.0 Å². The minimum absolute atomic E-state index is 0.00634. The van der Waals surface area contributed by atoms with Crippen LogP contribution < -0.4 is 10.6 Å². The maximum absolute atomic E-state index is 12.7. The Hall–Kier alpha value is -3.81. The molecule has 8 heteroatoms. The fraction of sp³-hybridized carbons (Fsp3) is 0.227. The number of ether oxygens (including phenoxy) is 2. The van der Waals surface area contributed by atoms with E-state index in [4.69, 9.17) is 9.47 Å². The smallest absolute Gasteiger partial charge is 0.342 e. The Morgan fingerprint density at radius 1 is 1.03 bits per heavy atom. The van der Waals surface area contributed by atoms with Crippen molar-refractivity contribution < 1.29 is 29.0 Å². The van der Waals surface area contributed by atoms with Crippen LogP contribution in [0, 0.1) is 6.92 Å². The number of carbonyl (C=O) groups excluding carboxylic acids is 3. The van der Waals surface area contributed by atoms with E-state index in [0.717, 1.165) is 0 Å². The van der Waals surface area contributed by atoms with Crippen molar-refractivity contribution in [3.8, 4) is 5.75 Å². The van der Waals surface area contributed by atoms with Crippen LogP contribution in [0.1, 0.15) is 34.5 Å². The molecule has 1 heterocycles. The van der Waals surface area contributed by atoms with Crippen LogP contribution in [-0.2, 0) is 14.3 Å². The molecule has 2 aromatic carbocycles. The van der Waals surface area contributed by atoms with Crippen LogP contribution in [0.4, 0.5) is 4.79 Å². The number of aromatic hydroxyl groups is 1. The van der Waals surface area contributed by atoms with Crippen molar-refractivity contribution in [2.75, 3.05) is 13.2 Å². The summed E-state index contributed by atoms with van der Waals surface area (Å²) >= 11 is 0. The molecule has 0 unspecified atom stereocenters. The van der Waals surface area contributed by atoms with Gasteiger partial charge in [-0.3, -0.25) is 0 Å². The average molecular weight is 410 g/mol. The second-order valence-electron chi connectivity index (χ2n) is 6.60. The Balaban J connectivity index is 1.93. The molecular formula is C22H22N2O6. The van der Waals surface area contributed by atoms with E-state index in [1.54, 1.807) is 50.2 Å². The number of phenolic OH excluding ortho intramolecular Hbond substituents is 1. The molecule has 0 aromatic heterocycles. The molecule has 0 fully saturated rings. The summed E-state index contributed by atoms with van der Waals surface area (Å²) in [5, 5.41) is 15.3. The largest absolute Gasteiger partial charge is 0.507 e. The molecule has 3 N–H and O–H groups in total. The number of amides is 2. The summed E-state index contributed by atoms with van der Waals surface area (Å²) in [6, 6.07) is 12.3. The third kappa shape index (κ3) is 4.43. The van der Waals surface area contributed by atoms with Crippen LogP contribution in [-0.4, -0.2) is 36.3 Å². The number of nitrogens with one attached hydrogen (secondary N) is 2. The molecule has 0 spiro atoms. The van der Waals surface area contributed by atoms with E-state index < -0.39 is 24.0 Å². The molecule has 2 aromatic rings. The van der Waals surface area contributed by atoms with Gasteiger partial charge in [0.25, 0.3) is 0 Å². The first-order chi connectivity index (χ1) is 14.4. The van der Waals surface area contributed by atoms with Gasteiger partial charge >= 0.3 is 18.0 Å². The molecule has 156 valence electrons. The summed E-state index contributed by atoms with van der Waals surface area (Å²) in [6.45, 7) is 3.09. The van der Waals surface area contributed by atoms with E-state index in [9.17, 15) is 19.5 Å². The SMILES string of the molecule is CCOC(=O)C1=C(COC(=O)c2cccc(C)c2O)NC(=O)N[C@H]1c1ccccc1. The van der Waals surface area contributed by atoms with Crippen LogP contribution in [0.5, 0.6) is 5.75 Å². The highest BCUT2D eigenvalue weighted by atomic mass is 16.5. The quantitative estimate of drug-likeness (QED) is 0.631. The Bertz CT molecular complexity index is 1000. The highest BCUT2D eigenvalue weighted by Crippen LogP contribution is 2.28. The van der Waals surface area contributed by atoms with Crippen molar-refractivity contribution in [3.63, 3.8) is 0 Å². The number of hydrogen-bond donors (Lipinski definition) is 3. The van der Waals surface area contributed by atoms with Gasteiger partial charge < -0.3 is 25.2 Å². The Morgan fingerprint density at radius 3 is 2.47 bits per heavy atom. The summed E-state index contributed by atoms with van der Waals surface area (Å²) < 4.78 is 10.4. The van der Waals surface area contributed by atoms with Crippen LogP contribution in [0.2, 0.25) is 0 Å². The Labute approximate surface area is 173 Å². The lowest BCUT2D eigenvalue weighted by atomic mass is 9.95. The Kier molecular flexibility index (Phi) is 6.36. The van der Waals surface area contributed by atoms with Gasteiger partial charge in [0.05, 0.1) is 23.9 Å². The second kappa shape index (κ2) is 9.13. The summed E-state index contributed by atoms with van der Waals surface area (Å²) in [5.41, 5.74) is 1.45. The van der Waals surface area contributed by atoms with Gasteiger partial charge in [0.1, 0.15) is 17.9 Å². The minimum Gasteiger partial charge on any atom is -0.507 e. The number of carbonyl (C=O) groups is 3. The van der Waals surface area contributed by atoms with E-state index in [1.165, 1.54) is 6.07 Å². The number of phenols is 1. The van der Waals surface area contributed by atoms with Crippen molar-refractivity contribution in [1.29, 1.82) is 0 Å². The lowest BCUT2D eigenvalue weighted by Crippen LogP contribution is -2.47. The lowest BCUT2D eigenvalue weighted by Gasteiger charge is -2.29. The van der Waals surface area contributed by atoms with Crippen LogP contribution >= 0.6 is 0 Å². The maximum atomic E-state index is 12.7. The number of esters is 2. The van der Waals surface area contributed by atoms with E-state index >= 15 is 0 Å². The predicted octanol–water partition coefficient (Wildman–Crippen LogP) is 2.73. The number of rotatable bonds is 6. The third-order valence-corrected chi connectivity index (χ3v) is 4.59. The van der Waals surface area contributed by atoms with E-state index in [2.05, 4.69) is 10.6 Å². The predicted molar refractivity (Wildman–Crippen MR) is 108 cm³/mol. The summed E-state index contributed by atoms with van der Waals surface area (Å²) in [5.74, 6) is -1.60. The molecule has 1 atom stereocenters. The molecule has 0 saturated heterocycles. The first-order valence-electron chi connectivity index (χ1n) is 9.40. The zero-order valence-corrected chi connectivity index (χ0v) is 16.6. The summed E-state index contributed by atoms with van der Waals surface area (Å²) in [4.78, 5) is 37.3. The number of aryl methyl sites for hydroxylation is 1. The molecule has 0 aliphatic carbocycles. The van der Waals surface area contributed by atoms with Crippen LogP contribution in [0.3, 0.4) is 0 Å². The molecular weight excluding hydrogens is 388 g/mol. The highest BCUT2D eigenvalue weighted by Gasteiger charge is 2.34. The van der Waals surface area contributed by atoms with E-state index in [0.29, 0.717) is 11.1 Å². The van der Waals surface area contributed by atoms with Crippen molar-refractivity contribution >= 4 is 18.0 Å². The summed E-state index contributed by atoms with van der Waals surface area (Å²) in [6.07, 6.45) is 0. The number of para-hydroxylation sites is 1. The van der Waals surface area contributed by atoms with Gasteiger partial charge in [0, 0.05) is 0 Å². The van der Waals surface area contributed by atoms with Gasteiger partial charge in [-0.15, -0.1) is 0 Å². The standard InChI is InChI=1S/C22H22N2O6/c1-3-29-21(27)17-16(12-30-20(26)15-11-7-8-13(2)19(15)25)23-22(28)24-18(17)14-9-5-4-6-10-14/h4-11,18,25H,3,12H2,1-2H3,(H2,23,24,28)/t18-/m0/s1. The van der Waals surface area contributed by atoms with Crippen molar-refractivity contribution in [1.82, 2.24) is 10.6 Å². The monoisotopic (exact) mass is 410 g/mol. The molecule has 3 rings (SSSR count). The summed E-state index contributed by atoms with van der Waals surface area (Å²) in [7, 11) is 0. The van der Waals surface area contributed by atoms with Gasteiger partial charge in [-0.25, -0.2) is 14.4 Å². The van der Waals surface area contributed by atoms with Gasteiger partial charge in [-0.2, -0.15) is 0 Å². The topological polar surface area (TPSA) is 114 Å². The van der Waals surface area contributed by atoms with Gasteiger partial charge in [0.2, 0.25) is 0 Å². The van der Waals surface area contributed by atoms with Gasteiger partial charge in [0.15, 0.2) is 0 Å². The van der Waals surface area contributed by atoms with Crippen LogP contribution in [0.25, 0.3) is 0 Å². The molecule has 0 saturated carbocycles. The fourth-order valence-corrected chi connectivity index (χ4v) is 3.12. The lowest BCUT2D eigenvalue weighted by molar-refractivity contribution is -0.139. The number of urea groups is 1. The molecule has 2 amide bonds. The number of hydrogen-bond acceptors (Lipinski definition) is 6. The zero-order valence-electron chi connectivity index (χ0n) is 16.6. The van der Waals surface area contributed by atoms with Gasteiger partial charge in [-0.1, -0.05) is 42.5 Å². The normalized spacial score (nSPS) is 15.8. The Morgan fingerprint density at radius 2 is 1.77 bits per heavy atom. The van der Waals surface area contributed by atoms with E-state index in [-0.39, 0.29) is 35.8 Å². The zero-order chi connectivity index (χ0) is 21.7. The molecule has 1 aliphatic rings. The highest BCUT2D eigenvalue weighted by molar-refractivity contribution is 5.96. The van der Waals surface area contributed by atoms with Crippen LogP contribution in [0.15, 0.2) is 59.8 Å². The maximum Gasteiger partial charge on any atom is 0.342 e. The third-order valence-electron chi connectivity index (χ3n) is 4.59. The van der Waals surface area contributed by atoms with Crippen molar-refractivity contribution in [2.45, 2.75) is 19.9 Å². The molecule has 1 aliphatic heterocycles. The first kappa shape index (κ1) is 20.9. The molecule has 0 radical (unpaired) electrons. The average Bonchev–Trinajstić information content (AvgIpc) is 2.74. The van der Waals surface area contributed by atoms with E-state index in [1.807, 2.05) is 6.07 Å².